The van der Waals surface area contributed by atoms with Gasteiger partial charge in [0.1, 0.15) is 5.75 Å². The molecular weight excluding hydrogens is 322 g/mol. The van der Waals surface area contributed by atoms with E-state index < -0.39 is 0 Å². The molecule has 0 saturated carbocycles. The monoisotopic (exact) mass is 341 g/mol. The van der Waals surface area contributed by atoms with Crippen LogP contribution in [-0.4, -0.2) is 28.8 Å². The van der Waals surface area contributed by atoms with Gasteiger partial charge < -0.3 is 9.15 Å². The standard InChI is InChI=1S/C18H19N3O2S/c1-22-14-8-6-13(7-9-14)18-20-19-17(23-18)12-21-10-2-4-15(21)16-5-3-11-24-16/h3,5-9,11,15H,2,4,10,12H2,1H3/t15-/m0/s1. The first-order chi connectivity index (χ1) is 11.8. The Balaban J connectivity index is 1.48. The van der Waals surface area contributed by atoms with Gasteiger partial charge in [-0.25, -0.2) is 0 Å². The minimum Gasteiger partial charge on any atom is -0.497 e. The lowest BCUT2D eigenvalue weighted by atomic mass is 10.2. The van der Waals surface area contributed by atoms with Gasteiger partial charge in [0.05, 0.1) is 13.7 Å². The first kappa shape index (κ1) is 15.4. The maximum Gasteiger partial charge on any atom is 0.247 e. The van der Waals surface area contributed by atoms with E-state index in [4.69, 9.17) is 9.15 Å². The molecule has 6 heteroatoms. The van der Waals surface area contributed by atoms with Crippen molar-refractivity contribution in [2.24, 2.45) is 0 Å². The average molecular weight is 341 g/mol. The SMILES string of the molecule is COc1ccc(-c2nnc(CN3CCC[C@H]3c3cccs3)o2)cc1. The molecule has 124 valence electrons. The molecule has 2 aromatic heterocycles. The second-order valence-electron chi connectivity index (χ2n) is 5.87. The number of aromatic nitrogens is 2. The van der Waals surface area contributed by atoms with Crippen LogP contribution in [0.2, 0.25) is 0 Å². The zero-order valence-electron chi connectivity index (χ0n) is 13.5. The van der Waals surface area contributed by atoms with Gasteiger partial charge in [-0.1, -0.05) is 6.07 Å². The number of nitrogens with zero attached hydrogens (tertiary/aromatic N) is 3. The van der Waals surface area contributed by atoms with Crippen molar-refractivity contribution in [2.45, 2.75) is 25.4 Å². The van der Waals surface area contributed by atoms with Gasteiger partial charge >= 0.3 is 0 Å². The summed E-state index contributed by atoms with van der Waals surface area (Å²) in [5, 5.41) is 10.6. The Kier molecular flexibility index (Phi) is 4.32. The molecule has 0 radical (unpaired) electrons. The Morgan fingerprint density at radius 3 is 2.88 bits per heavy atom. The summed E-state index contributed by atoms with van der Waals surface area (Å²) in [6.07, 6.45) is 2.40. The molecule has 0 aliphatic carbocycles. The van der Waals surface area contributed by atoms with Crippen molar-refractivity contribution in [2.75, 3.05) is 13.7 Å². The molecule has 0 spiro atoms. The van der Waals surface area contributed by atoms with Crippen molar-refractivity contribution in [1.29, 1.82) is 0 Å². The van der Waals surface area contributed by atoms with Crippen LogP contribution in [0.3, 0.4) is 0 Å². The van der Waals surface area contributed by atoms with Gasteiger partial charge in [-0.2, -0.15) is 0 Å². The molecule has 0 amide bonds. The Morgan fingerprint density at radius 1 is 1.25 bits per heavy atom. The highest BCUT2D eigenvalue weighted by Crippen LogP contribution is 2.35. The zero-order chi connectivity index (χ0) is 16.4. The van der Waals surface area contributed by atoms with E-state index in [0.717, 1.165) is 17.9 Å². The van der Waals surface area contributed by atoms with E-state index in [9.17, 15) is 0 Å². The van der Waals surface area contributed by atoms with Crippen molar-refractivity contribution < 1.29 is 9.15 Å². The van der Waals surface area contributed by atoms with Gasteiger partial charge in [0.2, 0.25) is 11.8 Å². The van der Waals surface area contributed by atoms with Gasteiger partial charge in [0.15, 0.2) is 0 Å². The fraction of sp³-hybridized carbons (Fsp3) is 0.333. The van der Waals surface area contributed by atoms with Crippen LogP contribution in [0.4, 0.5) is 0 Å². The lowest BCUT2D eigenvalue weighted by molar-refractivity contribution is 0.227. The lowest BCUT2D eigenvalue weighted by Crippen LogP contribution is -2.22. The predicted octanol–water partition coefficient (Wildman–Crippen LogP) is 4.14. The van der Waals surface area contributed by atoms with E-state index >= 15 is 0 Å². The summed E-state index contributed by atoms with van der Waals surface area (Å²) in [7, 11) is 1.65. The van der Waals surface area contributed by atoms with E-state index in [1.165, 1.54) is 17.7 Å². The molecule has 1 atom stereocenters. The highest BCUT2D eigenvalue weighted by Gasteiger charge is 2.28. The Bertz CT molecular complexity index is 783. The zero-order valence-corrected chi connectivity index (χ0v) is 14.3. The van der Waals surface area contributed by atoms with Crippen LogP contribution >= 0.6 is 11.3 Å². The molecule has 0 N–H and O–H groups in total. The van der Waals surface area contributed by atoms with E-state index in [2.05, 4.69) is 32.6 Å². The summed E-state index contributed by atoms with van der Waals surface area (Å²) in [6.45, 7) is 1.77. The lowest BCUT2D eigenvalue weighted by Gasteiger charge is -2.21. The molecular formula is C18H19N3O2S. The first-order valence-corrected chi connectivity index (χ1v) is 8.96. The number of hydrogen-bond acceptors (Lipinski definition) is 6. The third-order valence-electron chi connectivity index (χ3n) is 4.38. The molecule has 0 bridgehead atoms. The van der Waals surface area contributed by atoms with Crippen LogP contribution in [0.1, 0.15) is 29.7 Å². The van der Waals surface area contributed by atoms with E-state index in [1.54, 1.807) is 7.11 Å². The second kappa shape index (κ2) is 6.75. The van der Waals surface area contributed by atoms with E-state index in [-0.39, 0.29) is 0 Å². The maximum absolute atomic E-state index is 5.87. The molecule has 24 heavy (non-hydrogen) atoms. The average Bonchev–Trinajstić information content (AvgIpc) is 3.37. The molecule has 1 aliphatic heterocycles. The highest BCUT2D eigenvalue weighted by molar-refractivity contribution is 7.10. The number of rotatable bonds is 5. The minimum atomic E-state index is 0.473. The largest absolute Gasteiger partial charge is 0.497 e. The van der Waals surface area contributed by atoms with Crippen LogP contribution in [0.15, 0.2) is 46.2 Å². The number of ether oxygens (including phenoxy) is 1. The quantitative estimate of drug-likeness (QED) is 0.698. The summed E-state index contributed by atoms with van der Waals surface area (Å²) in [5.41, 5.74) is 0.908. The summed E-state index contributed by atoms with van der Waals surface area (Å²) in [4.78, 5) is 3.85. The summed E-state index contributed by atoms with van der Waals surface area (Å²) in [6, 6.07) is 12.5. The summed E-state index contributed by atoms with van der Waals surface area (Å²) in [5.74, 6) is 2.04. The third kappa shape index (κ3) is 3.07. The highest BCUT2D eigenvalue weighted by atomic mass is 32.1. The topological polar surface area (TPSA) is 51.4 Å². The van der Waals surface area contributed by atoms with Crippen molar-refractivity contribution in [3.8, 4) is 17.2 Å². The fourth-order valence-electron chi connectivity index (χ4n) is 3.16. The molecule has 1 aliphatic rings. The van der Waals surface area contributed by atoms with Gasteiger partial charge in [-0.15, -0.1) is 21.5 Å². The van der Waals surface area contributed by atoms with Crippen LogP contribution in [0.25, 0.3) is 11.5 Å². The molecule has 3 heterocycles. The van der Waals surface area contributed by atoms with Crippen LogP contribution in [-0.2, 0) is 6.54 Å². The predicted molar refractivity (Wildman–Crippen MR) is 93.0 cm³/mol. The molecule has 1 aromatic carbocycles. The Labute approximate surface area is 144 Å². The number of thiophene rings is 1. The van der Waals surface area contributed by atoms with E-state index in [0.29, 0.717) is 24.4 Å². The normalized spacial score (nSPS) is 18.1. The van der Waals surface area contributed by atoms with Gasteiger partial charge in [-0.3, -0.25) is 4.90 Å². The van der Waals surface area contributed by atoms with Gasteiger partial charge in [-0.05, 0) is 55.1 Å². The smallest absolute Gasteiger partial charge is 0.247 e. The van der Waals surface area contributed by atoms with Crippen LogP contribution in [0.5, 0.6) is 5.75 Å². The van der Waals surface area contributed by atoms with Gasteiger partial charge in [0, 0.05) is 16.5 Å². The molecule has 1 fully saturated rings. The maximum atomic E-state index is 5.87. The minimum absolute atomic E-state index is 0.473. The number of benzene rings is 1. The van der Waals surface area contributed by atoms with Crippen molar-refractivity contribution >= 4 is 11.3 Å². The second-order valence-corrected chi connectivity index (χ2v) is 6.85. The molecule has 1 saturated heterocycles. The Morgan fingerprint density at radius 2 is 2.12 bits per heavy atom. The number of likely N-dealkylation sites (tertiary alicyclic amines) is 1. The van der Waals surface area contributed by atoms with Crippen molar-refractivity contribution in [3.05, 3.63) is 52.5 Å². The number of methoxy groups -OCH3 is 1. The van der Waals surface area contributed by atoms with Crippen LogP contribution in [0, 0.1) is 0 Å². The first-order valence-electron chi connectivity index (χ1n) is 8.08. The Hall–Kier alpha value is -2.18. The molecule has 3 aromatic rings. The summed E-state index contributed by atoms with van der Waals surface area (Å²) >= 11 is 1.82. The van der Waals surface area contributed by atoms with Crippen LogP contribution < -0.4 is 4.74 Å². The van der Waals surface area contributed by atoms with Crippen molar-refractivity contribution in [1.82, 2.24) is 15.1 Å². The molecule has 0 unspecified atom stereocenters. The van der Waals surface area contributed by atoms with Crippen molar-refractivity contribution in [3.63, 3.8) is 0 Å². The fourth-order valence-corrected chi connectivity index (χ4v) is 4.06. The summed E-state index contributed by atoms with van der Waals surface area (Å²) < 4.78 is 11.0. The van der Waals surface area contributed by atoms with Gasteiger partial charge in [0.25, 0.3) is 0 Å². The molecule has 4 rings (SSSR count). The third-order valence-corrected chi connectivity index (χ3v) is 5.35. The molecule has 5 nitrogen and oxygen atoms in total. The van der Waals surface area contributed by atoms with E-state index in [1.807, 2.05) is 35.6 Å². The number of hydrogen-bond donors (Lipinski definition) is 0.